The van der Waals surface area contributed by atoms with Crippen LogP contribution in [-0.4, -0.2) is 9.78 Å². The Morgan fingerprint density at radius 2 is 2.15 bits per heavy atom. The van der Waals surface area contributed by atoms with Crippen LogP contribution in [0.1, 0.15) is 54.2 Å². The van der Waals surface area contributed by atoms with Crippen molar-refractivity contribution in [3.05, 3.63) is 52.8 Å². The van der Waals surface area contributed by atoms with Gasteiger partial charge in [-0.15, -0.1) is 0 Å². The number of aryl methyl sites for hydroxylation is 3. The van der Waals surface area contributed by atoms with Crippen molar-refractivity contribution in [2.24, 2.45) is 7.05 Å². The first kappa shape index (κ1) is 13.4. The number of fused-ring (bicyclic) bond motifs is 1. The summed E-state index contributed by atoms with van der Waals surface area (Å²) in [5, 5.41) is 8.24. The number of benzene rings is 1. The molecular weight excluding hydrogens is 246 g/mol. The van der Waals surface area contributed by atoms with Crippen molar-refractivity contribution in [3.8, 4) is 0 Å². The lowest BCUT2D eigenvalue weighted by molar-refractivity contribution is 0.414. The molecule has 20 heavy (non-hydrogen) atoms. The summed E-state index contributed by atoms with van der Waals surface area (Å²) in [6.45, 7) is 4.32. The highest BCUT2D eigenvalue weighted by atomic mass is 15.3. The molecule has 1 N–H and O–H groups in total. The van der Waals surface area contributed by atoms with E-state index >= 15 is 0 Å². The summed E-state index contributed by atoms with van der Waals surface area (Å²) < 4.78 is 1.90. The molecule has 0 amide bonds. The molecule has 3 rings (SSSR count). The Bertz CT molecular complexity index is 600. The molecule has 1 aromatic heterocycles. The number of rotatable bonds is 3. The SMILES string of the molecule is Cc1nn(C)cc1C(C)NC1CCCc2ccccc21. The van der Waals surface area contributed by atoms with E-state index < -0.39 is 0 Å². The second-order valence-electron chi connectivity index (χ2n) is 5.88. The molecule has 0 spiro atoms. The standard InChI is InChI=1S/C17H23N3/c1-12(16-11-20(3)19-13(16)2)18-17-10-6-8-14-7-4-5-9-15(14)17/h4-5,7,9,11-12,17-18H,6,8,10H2,1-3H3. The number of hydrogen-bond donors (Lipinski definition) is 1. The maximum Gasteiger partial charge on any atom is 0.0641 e. The van der Waals surface area contributed by atoms with Crippen LogP contribution < -0.4 is 5.32 Å². The fourth-order valence-corrected chi connectivity index (χ4v) is 3.36. The average Bonchev–Trinajstić information content (AvgIpc) is 2.78. The third kappa shape index (κ3) is 2.50. The molecule has 0 radical (unpaired) electrons. The van der Waals surface area contributed by atoms with Crippen molar-refractivity contribution in [3.63, 3.8) is 0 Å². The molecule has 3 heteroatoms. The van der Waals surface area contributed by atoms with Gasteiger partial charge in [0.1, 0.15) is 0 Å². The van der Waals surface area contributed by atoms with Gasteiger partial charge in [-0.05, 0) is 44.2 Å². The first-order chi connectivity index (χ1) is 9.65. The largest absolute Gasteiger partial charge is 0.303 e. The summed E-state index contributed by atoms with van der Waals surface area (Å²) in [6, 6.07) is 9.64. The van der Waals surface area contributed by atoms with E-state index in [0.717, 1.165) is 5.69 Å². The van der Waals surface area contributed by atoms with Crippen molar-refractivity contribution in [1.82, 2.24) is 15.1 Å². The summed E-state index contributed by atoms with van der Waals surface area (Å²) in [4.78, 5) is 0. The van der Waals surface area contributed by atoms with Crippen LogP contribution in [0.2, 0.25) is 0 Å². The fraction of sp³-hybridized carbons (Fsp3) is 0.471. The maximum absolute atomic E-state index is 4.45. The highest BCUT2D eigenvalue weighted by molar-refractivity contribution is 5.32. The van der Waals surface area contributed by atoms with Crippen LogP contribution in [0, 0.1) is 6.92 Å². The Kier molecular flexibility index (Phi) is 3.62. The predicted molar refractivity (Wildman–Crippen MR) is 81.6 cm³/mol. The number of hydrogen-bond acceptors (Lipinski definition) is 2. The maximum atomic E-state index is 4.45. The van der Waals surface area contributed by atoms with Gasteiger partial charge in [0.05, 0.1) is 5.69 Å². The second-order valence-corrected chi connectivity index (χ2v) is 5.88. The van der Waals surface area contributed by atoms with Crippen molar-refractivity contribution >= 4 is 0 Å². The first-order valence-corrected chi connectivity index (χ1v) is 7.49. The number of aromatic nitrogens is 2. The molecule has 1 heterocycles. The van der Waals surface area contributed by atoms with Gasteiger partial charge in [-0.2, -0.15) is 5.10 Å². The molecule has 0 saturated carbocycles. The van der Waals surface area contributed by atoms with Crippen LogP contribution in [0.5, 0.6) is 0 Å². The van der Waals surface area contributed by atoms with Gasteiger partial charge in [0, 0.05) is 30.9 Å². The average molecular weight is 269 g/mol. The van der Waals surface area contributed by atoms with Gasteiger partial charge in [0.15, 0.2) is 0 Å². The summed E-state index contributed by atoms with van der Waals surface area (Å²) >= 11 is 0. The highest BCUT2D eigenvalue weighted by Gasteiger charge is 2.22. The van der Waals surface area contributed by atoms with Crippen LogP contribution in [0.15, 0.2) is 30.5 Å². The van der Waals surface area contributed by atoms with Crippen molar-refractivity contribution in [2.75, 3.05) is 0 Å². The zero-order chi connectivity index (χ0) is 14.1. The first-order valence-electron chi connectivity index (χ1n) is 7.49. The van der Waals surface area contributed by atoms with Crippen LogP contribution >= 0.6 is 0 Å². The smallest absolute Gasteiger partial charge is 0.0641 e. The van der Waals surface area contributed by atoms with Gasteiger partial charge in [0.2, 0.25) is 0 Å². The van der Waals surface area contributed by atoms with Crippen molar-refractivity contribution < 1.29 is 0 Å². The molecule has 2 unspecified atom stereocenters. The topological polar surface area (TPSA) is 29.9 Å². The van der Waals surface area contributed by atoms with Crippen LogP contribution in [0.25, 0.3) is 0 Å². The number of nitrogens with zero attached hydrogens (tertiary/aromatic N) is 2. The zero-order valence-corrected chi connectivity index (χ0v) is 12.6. The van der Waals surface area contributed by atoms with Gasteiger partial charge in [-0.3, -0.25) is 4.68 Å². The normalized spacial score (nSPS) is 19.6. The van der Waals surface area contributed by atoms with E-state index in [1.54, 1.807) is 0 Å². The third-order valence-corrected chi connectivity index (χ3v) is 4.34. The lowest BCUT2D eigenvalue weighted by atomic mass is 9.87. The Balaban J connectivity index is 1.80. The molecule has 0 bridgehead atoms. The van der Waals surface area contributed by atoms with Gasteiger partial charge in [0.25, 0.3) is 0 Å². The monoisotopic (exact) mass is 269 g/mol. The van der Waals surface area contributed by atoms with E-state index in [2.05, 4.69) is 54.7 Å². The molecule has 0 saturated heterocycles. The molecule has 1 aliphatic carbocycles. The lowest BCUT2D eigenvalue weighted by Crippen LogP contribution is -2.27. The predicted octanol–water partition coefficient (Wildman–Crippen LogP) is 3.46. The molecule has 2 atom stereocenters. The summed E-state index contributed by atoms with van der Waals surface area (Å²) in [5.41, 5.74) is 5.41. The summed E-state index contributed by atoms with van der Waals surface area (Å²) in [7, 11) is 1.99. The molecule has 2 aromatic rings. The molecule has 1 aromatic carbocycles. The zero-order valence-electron chi connectivity index (χ0n) is 12.6. The van der Waals surface area contributed by atoms with E-state index in [0.29, 0.717) is 12.1 Å². The second kappa shape index (κ2) is 5.41. The van der Waals surface area contributed by atoms with Crippen molar-refractivity contribution in [2.45, 2.75) is 45.2 Å². The van der Waals surface area contributed by atoms with Crippen LogP contribution in [0.3, 0.4) is 0 Å². The molecule has 1 aliphatic rings. The van der Waals surface area contributed by atoms with Gasteiger partial charge >= 0.3 is 0 Å². The Hall–Kier alpha value is -1.61. The molecule has 0 fully saturated rings. The summed E-state index contributed by atoms with van der Waals surface area (Å²) in [6.07, 6.45) is 5.84. The minimum Gasteiger partial charge on any atom is -0.303 e. The van der Waals surface area contributed by atoms with E-state index in [1.807, 2.05) is 11.7 Å². The lowest BCUT2D eigenvalue weighted by Gasteiger charge is -2.29. The molecule has 106 valence electrons. The van der Waals surface area contributed by atoms with Gasteiger partial charge in [-0.25, -0.2) is 0 Å². The minimum absolute atomic E-state index is 0.333. The van der Waals surface area contributed by atoms with Gasteiger partial charge in [-0.1, -0.05) is 24.3 Å². The Morgan fingerprint density at radius 1 is 1.35 bits per heavy atom. The van der Waals surface area contributed by atoms with E-state index in [9.17, 15) is 0 Å². The Labute approximate surface area is 121 Å². The fourth-order valence-electron chi connectivity index (χ4n) is 3.36. The van der Waals surface area contributed by atoms with E-state index in [1.165, 1.54) is 36.0 Å². The molecular formula is C17H23N3. The van der Waals surface area contributed by atoms with E-state index in [4.69, 9.17) is 0 Å². The molecule has 0 aliphatic heterocycles. The highest BCUT2D eigenvalue weighted by Crippen LogP contribution is 2.31. The summed E-state index contributed by atoms with van der Waals surface area (Å²) in [5.74, 6) is 0. The van der Waals surface area contributed by atoms with Crippen molar-refractivity contribution in [1.29, 1.82) is 0 Å². The van der Waals surface area contributed by atoms with Gasteiger partial charge < -0.3 is 5.32 Å². The Morgan fingerprint density at radius 3 is 2.90 bits per heavy atom. The molecule has 3 nitrogen and oxygen atoms in total. The van der Waals surface area contributed by atoms with E-state index in [-0.39, 0.29) is 0 Å². The third-order valence-electron chi connectivity index (χ3n) is 4.34. The van der Waals surface area contributed by atoms with Crippen LogP contribution in [0.4, 0.5) is 0 Å². The van der Waals surface area contributed by atoms with Crippen LogP contribution in [-0.2, 0) is 13.5 Å². The number of nitrogens with one attached hydrogen (secondary N) is 1. The quantitative estimate of drug-likeness (QED) is 0.925. The minimum atomic E-state index is 0.333.